The molecule has 8 N–H and O–H groups in total. The Kier molecular flexibility index (Phi) is 8.83. The van der Waals surface area contributed by atoms with E-state index in [0.717, 1.165) is 13.0 Å². The molecule has 0 aromatic heterocycles. The number of amides is 2. The molecule has 10 nitrogen and oxygen atoms in total. The van der Waals surface area contributed by atoms with E-state index in [4.69, 9.17) is 11.1 Å². The van der Waals surface area contributed by atoms with Gasteiger partial charge in [-0.1, -0.05) is 13.8 Å². The van der Waals surface area contributed by atoms with E-state index >= 15 is 0 Å². The van der Waals surface area contributed by atoms with Crippen molar-refractivity contribution >= 4 is 23.7 Å². The molecule has 1 aliphatic heterocycles. The number of nitrogens with one attached hydrogen (secondary N) is 5. The van der Waals surface area contributed by atoms with Crippen LogP contribution in [0.1, 0.15) is 39.5 Å². The van der Waals surface area contributed by atoms with Crippen LogP contribution in [0.25, 0.3) is 0 Å². The molecule has 0 saturated carbocycles. The van der Waals surface area contributed by atoms with Crippen molar-refractivity contribution in [2.24, 2.45) is 11.7 Å². The highest BCUT2D eigenvalue weighted by molar-refractivity contribution is 5.92. The first-order valence-electron chi connectivity index (χ1n) is 8.87. The highest BCUT2D eigenvalue weighted by Crippen LogP contribution is 2.08. The average molecular weight is 370 g/mol. The molecule has 0 aliphatic carbocycles. The number of aliphatic carboxylic acids is 1. The lowest BCUT2D eigenvalue weighted by Crippen LogP contribution is -2.55. The van der Waals surface area contributed by atoms with Crippen LogP contribution in [-0.2, 0) is 14.4 Å². The van der Waals surface area contributed by atoms with Crippen LogP contribution in [0.4, 0.5) is 0 Å². The quantitative estimate of drug-likeness (QED) is 0.142. The summed E-state index contributed by atoms with van der Waals surface area (Å²) in [4.78, 5) is 36.2. The standard InChI is InChI=1S/C16H30N6O4/c1-9(2)12(15(25)26)22-14(24)11(6-4-8-20-16(17)18)21-13(23)10-5-3-7-19-10/h9-12,19H,3-8H2,1-2H3,(H,21,23)(H,22,24)(H,25,26)(H4,17,18,20)/t10-,11-,12+/m1/s1. The minimum atomic E-state index is -1.12. The molecule has 0 spiro atoms. The van der Waals surface area contributed by atoms with Crippen molar-refractivity contribution in [3.63, 3.8) is 0 Å². The maximum atomic E-state index is 12.5. The summed E-state index contributed by atoms with van der Waals surface area (Å²) in [6.45, 7) is 4.53. The van der Waals surface area contributed by atoms with Crippen LogP contribution in [0.15, 0.2) is 0 Å². The predicted octanol–water partition coefficient (Wildman–Crippen LogP) is -1.29. The molecule has 0 unspecified atom stereocenters. The first kappa shape index (κ1) is 21.7. The maximum Gasteiger partial charge on any atom is 0.326 e. The third-order valence-electron chi connectivity index (χ3n) is 4.23. The van der Waals surface area contributed by atoms with Gasteiger partial charge in [0.05, 0.1) is 6.04 Å². The van der Waals surface area contributed by atoms with Crippen LogP contribution in [0, 0.1) is 11.3 Å². The molecule has 10 heteroatoms. The highest BCUT2D eigenvalue weighted by Gasteiger charge is 2.30. The van der Waals surface area contributed by atoms with E-state index in [1.165, 1.54) is 0 Å². The smallest absolute Gasteiger partial charge is 0.326 e. The first-order valence-corrected chi connectivity index (χ1v) is 8.87. The third kappa shape index (κ3) is 7.26. The fraction of sp³-hybridized carbons (Fsp3) is 0.750. The van der Waals surface area contributed by atoms with Crippen molar-refractivity contribution in [3.8, 4) is 0 Å². The summed E-state index contributed by atoms with van der Waals surface area (Å²) in [7, 11) is 0. The number of carboxylic acid groups (broad SMARTS) is 1. The van der Waals surface area contributed by atoms with Crippen LogP contribution in [-0.4, -0.2) is 60.1 Å². The second kappa shape index (κ2) is 10.6. The summed E-state index contributed by atoms with van der Waals surface area (Å²) in [6, 6.07) is -2.21. The number of hydrogen-bond donors (Lipinski definition) is 7. The average Bonchev–Trinajstić information content (AvgIpc) is 3.08. The summed E-state index contributed by atoms with van der Waals surface area (Å²) < 4.78 is 0. The zero-order valence-corrected chi connectivity index (χ0v) is 15.3. The van der Waals surface area contributed by atoms with Gasteiger partial charge >= 0.3 is 5.97 Å². The second-order valence-corrected chi connectivity index (χ2v) is 6.76. The van der Waals surface area contributed by atoms with Gasteiger partial charge < -0.3 is 32.1 Å². The highest BCUT2D eigenvalue weighted by atomic mass is 16.4. The summed E-state index contributed by atoms with van der Waals surface area (Å²) >= 11 is 0. The Bertz CT molecular complexity index is 519. The van der Waals surface area contributed by atoms with Gasteiger partial charge in [0.1, 0.15) is 12.1 Å². The van der Waals surface area contributed by atoms with Gasteiger partial charge in [-0.15, -0.1) is 0 Å². The minimum absolute atomic E-state index is 0.170. The van der Waals surface area contributed by atoms with E-state index in [9.17, 15) is 19.5 Å². The molecule has 1 aliphatic rings. The molecular weight excluding hydrogens is 340 g/mol. The molecule has 148 valence electrons. The lowest BCUT2D eigenvalue weighted by atomic mass is 10.0. The number of hydrogen-bond acceptors (Lipinski definition) is 5. The molecule has 0 bridgehead atoms. The molecule has 1 heterocycles. The fourth-order valence-electron chi connectivity index (χ4n) is 2.75. The van der Waals surface area contributed by atoms with Crippen LogP contribution in [0.2, 0.25) is 0 Å². The Morgan fingerprint density at radius 3 is 2.50 bits per heavy atom. The number of guanidine groups is 1. The van der Waals surface area contributed by atoms with E-state index < -0.39 is 24.0 Å². The molecule has 0 radical (unpaired) electrons. The van der Waals surface area contributed by atoms with Crippen molar-refractivity contribution in [2.45, 2.75) is 57.7 Å². The molecule has 1 saturated heterocycles. The molecule has 26 heavy (non-hydrogen) atoms. The zero-order chi connectivity index (χ0) is 19.7. The molecule has 1 rings (SSSR count). The summed E-state index contributed by atoms with van der Waals surface area (Å²) in [5.74, 6) is -2.37. The number of carboxylic acids is 1. The minimum Gasteiger partial charge on any atom is -0.480 e. The number of rotatable bonds is 10. The molecular formula is C16H30N6O4. The Morgan fingerprint density at radius 1 is 1.31 bits per heavy atom. The van der Waals surface area contributed by atoms with Crippen LogP contribution in [0.3, 0.4) is 0 Å². The van der Waals surface area contributed by atoms with Crippen molar-refractivity contribution in [1.82, 2.24) is 21.3 Å². The lowest BCUT2D eigenvalue weighted by Gasteiger charge is -2.24. The van der Waals surface area contributed by atoms with Gasteiger partial charge in [-0.05, 0) is 38.1 Å². The molecule has 2 amide bonds. The Hall–Kier alpha value is -2.36. The van der Waals surface area contributed by atoms with Gasteiger partial charge in [0.2, 0.25) is 11.8 Å². The van der Waals surface area contributed by atoms with Crippen molar-refractivity contribution in [1.29, 1.82) is 5.41 Å². The van der Waals surface area contributed by atoms with Gasteiger partial charge in [-0.3, -0.25) is 15.0 Å². The van der Waals surface area contributed by atoms with Gasteiger partial charge in [0.25, 0.3) is 0 Å². The van der Waals surface area contributed by atoms with Gasteiger partial charge in [0.15, 0.2) is 5.96 Å². The van der Waals surface area contributed by atoms with Crippen molar-refractivity contribution in [3.05, 3.63) is 0 Å². The predicted molar refractivity (Wildman–Crippen MR) is 96.5 cm³/mol. The summed E-state index contributed by atoms with van der Waals surface area (Å²) in [6.07, 6.45) is 2.38. The maximum absolute atomic E-state index is 12.5. The molecule has 3 atom stereocenters. The van der Waals surface area contributed by atoms with Crippen LogP contribution in [0.5, 0.6) is 0 Å². The van der Waals surface area contributed by atoms with Gasteiger partial charge in [-0.2, -0.15) is 0 Å². The molecule has 0 aromatic rings. The van der Waals surface area contributed by atoms with E-state index in [-0.39, 0.29) is 23.8 Å². The van der Waals surface area contributed by atoms with Crippen molar-refractivity contribution < 1.29 is 19.5 Å². The Morgan fingerprint density at radius 2 is 2.00 bits per heavy atom. The summed E-state index contributed by atoms with van der Waals surface area (Å²) in [5.41, 5.74) is 5.21. The second-order valence-electron chi connectivity index (χ2n) is 6.76. The van der Waals surface area contributed by atoms with Crippen LogP contribution < -0.4 is 27.0 Å². The van der Waals surface area contributed by atoms with E-state index in [2.05, 4.69) is 21.3 Å². The topological polar surface area (TPSA) is 169 Å². The lowest BCUT2D eigenvalue weighted by molar-refractivity contribution is -0.143. The van der Waals surface area contributed by atoms with Crippen molar-refractivity contribution in [2.75, 3.05) is 13.1 Å². The monoisotopic (exact) mass is 370 g/mol. The van der Waals surface area contributed by atoms with E-state index in [0.29, 0.717) is 25.8 Å². The van der Waals surface area contributed by atoms with E-state index in [1.54, 1.807) is 13.8 Å². The fourth-order valence-corrected chi connectivity index (χ4v) is 2.75. The Balaban J connectivity index is 2.70. The largest absolute Gasteiger partial charge is 0.480 e. The van der Waals surface area contributed by atoms with Gasteiger partial charge in [0, 0.05) is 6.54 Å². The van der Waals surface area contributed by atoms with E-state index in [1.807, 2.05) is 0 Å². The zero-order valence-electron chi connectivity index (χ0n) is 15.3. The van der Waals surface area contributed by atoms with Crippen LogP contribution >= 0.6 is 0 Å². The molecule has 0 aromatic carbocycles. The SMILES string of the molecule is CC(C)[C@H](NC(=O)[C@@H](CCCNC(=N)N)NC(=O)[C@H]1CCCN1)C(=O)O. The Labute approximate surface area is 153 Å². The first-order chi connectivity index (χ1) is 12.2. The number of nitrogens with two attached hydrogens (primary N) is 1. The third-order valence-corrected chi connectivity index (χ3v) is 4.23. The number of carbonyl (C=O) groups excluding carboxylic acids is 2. The number of carbonyl (C=O) groups is 3. The molecule has 1 fully saturated rings. The normalized spacial score (nSPS) is 18.8. The van der Waals surface area contributed by atoms with Gasteiger partial charge in [-0.25, -0.2) is 4.79 Å². The summed E-state index contributed by atoms with van der Waals surface area (Å²) in [5, 5.41) is 27.3.